The first kappa shape index (κ1) is 20.5. The number of nitrogens with one attached hydrogen (secondary N) is 1. The van der Waals surface area contributed by atoms with Gasteiger partial charge in [0.1, 0.15) is 5.75 Å². The summed E-state index contributed by atoms with van der Waals surface area (Å²) in [7, 11) is 0. The third-order valence-electron chi connectivity index (χ3n) is 4.26. The number of rotatable bonds is 14. The molecular formula is C21H35NO2. The van der Waals surface area contributed by atoms with Gasteiger partial charge in [-0.15, -0.1) is 0 Å². The van der Waals surface area contributed by atoms with Crippen molar-refractivity contribution in [2.24, 2.45) is 0 Å². The molecule has 3 nitrogen and oxygen atoms in total. The van der Waals surface area contributed by atoms with E-state index >= 15 is 0 Å². The summed E-state index contributed by atoms with van der Waals surface area (Å²) in [6.07, 6.45) is 11.9. The van der Waals surface area contributed by atoms with Crippen molar-refractivity contribution in [3.63, 3.8) is 0 Å². The van der Waals surface area contributed by atoms with Crippen LogP contribution in [0.15, 0.2) is 30.3 Å². The van der Waals surface area contributed by atoms with Crippen molar-refractivity contribution in [1.29, 1.82) is 0 Å². The zero-order valence-electron chi connectivity index (χ0n) is 15.6. The fourth-order valence-corrected chi connectivity index (χ4v) is 2.75. The Bertz CT molecular complexity index is 419. The Balaban J connectivity index is 2.05. The molecule has 0 bridgehead atoms. The van der Waals surface area contributed by atoms with Crippen molar-refractivity contribution in [2.75, 3.05) is 6.54 Å². The van der Waals surface area contributed by atoms with Crippen molar-refractivity contribution in [1.82, 2.24) is 5.32 Å². The van der Waals surface area contributed by atoms with Gasteiger partial charge in [0.2, 0.25) is 0 Å². The molecule has 0 aliphatic rings. The van der Waals surface area contributed by atoms with Crippen LogP contribution in [0.3, 0.4) is 0 Å². The first-order valence-corrected chi connectivity index (χ1v) is 9.77. The molecule has 0 heterocycles. The van der Waals surface area contributed by atoms with Crippen molar-refractivity contribution in [3.05, 3.63) is 30.3 Å². The van der Waals surface area contributed by atoms with E-state index in [0.717, 1.165) is 18.7 Å². The van der Waals surface area contributed by atoms with Crippen LogP contribution in [0.1, 0.15) is 78.1 Å². The molecule has 1 unspecified atom stereocenters. The minimum atomic E-state index is -0.397. The number of unbranched alkanes of at least 4 members (excludes halogenated alkanes) is 8. The Morgan fingerprint density at radius 1 is 0.917 bits per heavy atom. The van der Waals surface area contributed by atoms with E-state index in [-0.39, 0.29) is 5.91 Å². The molecule has 1 N–H and O–H groups in total. The van der Waals surface area contributed by atoms with Gasteiger partial charge < -0.3 is 10.1 Å². The summed E-state index contributed by atoms with van der Waals surface area (Å²) in [5.41, 5.74) is 0. The zero-order valence-corrected chi connectivity index (χ0v) is 15.6. The number of hydrogen-bond acceptors (Lipinski definition) is 2. The quantitative estimate of drug-likeness (QED) is 0.457. The highest BCUT2D eigenvalue weighted by atomic mass is 16.5. The zero-order chi connectivity index (χ0) is 17.5. The number of ether oxygens (including phenoxy) is 1. The van der Waals surface area contributed by atoms with Gasteiger partial charge in [0, 0.05) is 6.54 Å². The van der Waals surface area contributed by atoms with Crippen LogP contribution in [-0.2, 0) is 4.79 Å². The van der Waals surface area contributed by atoms with E-state index in [1.807, 2.05) is 37.3 Å². The van der Waals surface area contributed by atoms with Gasteiger partial charge in [0.25, 0.3) is 5.91 Å². The van der Waals surface area contributed by atoms with Gasteiger partial charge in [-0.2, -0.15) is 0 Å². The largest absolute Gasteiger partial charge is 0.481 e. The minimum absolute atomic E-state index is 0.000851. The lowest BCUT2D eigenvalue weighted by Gasteiger charge is -2.17. The Morgan fingerprint density at radius 3 is 2.08 bits per heavy atom. The number of para-hydroxylation sites is 1. The molecular weight excluding hydrogens is 298 g/mol. The second-order valence-electron chi connectivity index (χ2n) is 6.45. The Kier molecular flexibility index (Phi) is 11.9. The van der Waals surface area contributed by atoms with E-state index in [1.165, 1.54) is 51.4 Å². The Morgan fingerprint density at radius 2 is 1.50 bits per heavy atom. The lowest BCUT2D eigenvalue weighted by molar-refractivity contribution is -0.128. The van der Waals surface area contributed by atoms with Crippen LogP contribution < -0.4 is 10.1 Å². The molecule has 0 spiro atoms. The maximum atomic E-state index is 12.2. The summed E-state index contributed by atoms with van der Waals surface area (Å²) in [5, 5.41) is 3.01. The van der Waals surface area contributed by atoms with Crippen molar-refractivity contribution in [3.8, 4) is 5.75 Å². The number of hydrogen-bond donors (Lipinski definition) is 1. The maximum Gasteiger partial charge on any atom is 0.261 e. The molecule has 0 radical (unpaired) electrons. The third kappa shape index (κ3) is 9.59. The van der Waals surface area contributed by atoms with Crippen LogP contribution in [0, 0.1) is 0 Å². The fourth-order valence-electron chi connectivity index (χ4n) is 2.75. The predicted molar refractivity (Wildman–Crippen MR) is 101 cm³/mol. The van der Waals surface area contributed by atoms with Gasteiger partial charge in [-0.05, 0) is 25.0 Å². The molecule has 136 valence electrons. The van der Waals surface area contributed by atoms with E-state index in [0.29, 0.717) is 6.42 Å². The number of amides is 1. The molecule has 0 aliphatic carbocycles. The monoisotopic (exact) mass is 333 g/mol. The minimum Gasteiger partial charge on any atom is -0.481 e. The highest BCUT2D eigenvalue weighted by Gasteiger charge is 2.17. The summed E-state index contributed by atoms with van der Waals surface area (Å²) in [4.78, 5) is 12.2. The van der Waals surface area contributed by atoms with E-state index in [2.05, 4.69) is 12.2 Å². The van der Waals surface area contributed by atoms with E-state index < -0.39 is 6.10 Å². The van der Waals surface area contributed by atoms with E-state index in [9.17, 15) is 4.79 Å². The number of benzene rings is 1. The molecule has 1 atom stereocenters. The van der Waals surface area contributed by atoms with Gasteiger partial charge in [-0.1, -0.05) is 83.4 Å². The first-order valence-electron chi connectivity index (χ1n) is 9.77. The SMILES string of the molecule is CCCCCCCCCCCNC(=O)C(CC)Oc1ccccc1. The standard InChI is InChI=1S/C21H35NO2/c1-3-5-6-7-8-9-10-11-15-18-22-21(23)20(4-2)24-19-16-13-12-14-17-19/h12-14,16-17,20H,3-11,15,18H2,1-2H3,(H,22,23). The highest BCUT2D eigenvalue weighted by Crippen LogP contribution is 2.13. The van der Waals surface area contributed by atoms with Gasteiger partial charge in [0.05, 0.1) is 0 Å². The smallest absolute Gasteiger partial charge is 0.261 e. The molecule has 0 aliphatic heterocycles. The lowest BCUT2D eigenvalue weighted by Crippen LogP contribution is -2.38. The van der Waals surface area contributed by atoms with Gasteiger partial charge >= 0.3 is 0 Å². The molecule has 0 fully saturated rings. The topological polar surface area (TPSA) is 38.3 Å². The molecule has 0 saturated carbocycles. The summed E-state index contributed by atoms with van der Waals surface area (Å²) in [5.74, 6) is 0.753. The van der Waals surface area contributed by atoms with Crippen LogP contribution in [0.2, 0.25) is 0 Å². The van der Waals surface area contributed by atoms with E-state index in [4.69, 9.17) is 4.74 Å². The third-order valence-corrected chi connectivity index (χ3v) is 4.26. The molecule has 0 saturated heterocycles. The van der Waals surface area contributed by atoms with Crippen LogP contribution in [-0.4, -0.2) is 18.6 Å². The summed E-state index contributed by atoms with van der Waals surface area (Å²) in [6.45, 7) is 4.98. The molecule has 0 aromatic heterocycles. The molecule has 1 rings (SSSR count). The first-order chi connectivity index (χ1) is 11.8. The Labute approximate surface area is 148 Å². The van der Waals surface area contributed by atoms with Crippen molar-refractivity contribution >= 4 is 5.91 Å². The van der Waals surface area contributed by atoms with Crippen LogP contribution in [0.5, 0.6) is 5.75 Å². The summed E-state index contributed by atoms with van der Waals surface area (Å²) < 4.78 is 5.76. The predicted octanol–water partition coefficient (Wildman–Crippen LogP) is 5.49. The molecule has 1 amide bonds. The number of carbonyl (C=O) groups excluding carboxylic acids is 1. The van der Waals surface area contributed by atoms with E-state index in [1.54, 1.807) is 0 Å². The normalized spacial score (nSPS) is 11.9. The second kappa shape index (κ2) is 13.9. The van der Waals surface area contributed by atoms with Crippen LogP contribution >= 0.6 is 0 Å². The van der Waals surface area contributed by atoms with Gasteiger partial charge in [0.15, 0.2) is 6.10 Å². The van der Waals surface area contributed by atoms with Crippen molar-refractivity contribution < 1.29 is 9.53 Å². The maximum absolute atomic E-state index is 12.2. The fraction of sp³-hybridized carbons (Fsp3) is 0.667. The number of carbonyl (C=O) groups is 1. The summed E-state index contributed by atoms with van der Waals surface area (Å²) >= 11 is 0. The van der Waals surface area contributed by atoms with Crippen LogP contribution in [0.4, 0.5) is 0 Å². The molecule has 1 aromatic carbocycles. The average Bonchev–Trinajstić information content (AvgIpc) is 2.62. The average molecular weight is 334 g/mol. The summed E-state index contributed by atoms with van der Waals surface area (Å²) in [6, 6.07) is 9.55. The molecule has 24 heavy (non-hydrogen) atoms. The van der Waals surface area contributed by atoms with Crippen molar-refractivity contribution in [2.45, 2.75) is 84.2 Å². The lowest BCUT2D eigenvalue weighted by atomic mass is 10.1. The molecule has 1 aromatic rings. The van der Waals surface area contributed by atoms with Crippen LogP contribution in [0.25, 0.3) is 0 Å². The molecule has 3 heteroatoms. The van der Waals surface area contributed by atoms with Gasteiger partial charge in [-0.25, -0.2) is 0 Å². The second-order valence-corrected chi connectivity index (χ2v) is 6.45. The Hall–Kier alpha value is -1.51. The highest BCUT2D eigenvalue weighted by molar-refractivity contribution is 5.81. The van der Waals surface area contributed by atoms with Gasteiger partial charge in [-0.3, -0.25) is 4.79 Å².